The Bertz CT molecular complexity index is 1310. The maximum atomic E-state index is 12.4. The first-order valence-electron chi connectivity index (χ1n) is 10.8. The van der Waals surface area contributed by atoms with E-state index in [1.807, 2.05) is 88.5 Å². The van der Waals surface area contributed by atoms with Gasteiger partial charge in [0.1, 0.15) is 0 Å². The van der Waals surface area contributed by atoms with E-state index in [-0.39, 0.29) is 0 Å². The van der Waals surface area contributed by atoms with E-state index in [9.17, 15) is 9.90 Å². The molecular weight excluding hydrogens is 434 g/mol. The third-order valence-corrected chi connectivity index (χ3v) is 5.72. The molecule has 0 bridgehead atoms. The molecule has 4 aromatic rings. The number of aliphatic carboxylic acids is 1. The van der Waals surface area contributed by atoms with Crippen LogP contribution in [0.1, 0.15) is 38.0 Å². The van der Waals surface area contributed by atoms with E-state index < -0.39 is 17.7 Å². The van der Waals surface area contributed by atoms with Crippen LogP contribution in [0.4, 0.5) is 0 Å². The number of carbonyl (C=O) groups is 1. The van der Waals surface area contributed by atoms with Crippen LogP contribution in [-0.2, 0) is 9.53 Å². The average molecular weight is 460 g/mol. The SMILES string of the molecule is Cc1cc2cc(-c3cccnc3)ccc2c(-c2ccc(Cl)cc2)c1[C@H](OC(C)(C)C)C(=O)O. The number of fused-ring (bicyclic) bond motifs is 1. The Morgan fingerprint density at radius 1 is 1.00 bits per heavy atom. The van der Waals surface area contributed by atoms with Gasteiger partial charge in [-0.05, 0) is 85.0 Å². The third kappa shape index (κ3) is 4.92. The molecule has 0 aliphatic heterocycles. The normalized spacial score (nSPS) is 12.6. The Labute approximate surface area is 198 Å². The van der Waals surface area contributed by atoms with Crippen molar-refractivity contribution >= 4 is 28.3 Å². The van der Waals surface area contributed by atoms with Gasteiger partial charge in [0.2, 0.25) is 0 Å². The van der Waals surface area contributed by atoms with Crippen LogP contribution < -0.4 is 0 Å². The highest BCUT2D eigenvalue weighted by Crippen LogP contribution is 2.41. The van der Waals surface area contributed by atoms with Crippen LogP contribution in [0.5, 0.6) is 0 Å². The molecule has 4 nitrogen and oxygen atoms in total. The van der Waals surface area contributed by atoms with Gasteiger partial charge >= 0.3 is 5.97 Å². The van der Waals surface area contributed by atoms with Gasteiger partial charge in [0.15, 0.2) is 6.10 Å². The highest BCUT2D eigenvalue weighted by molar-refractivity contribution is 6.30. The summed E-state index contributed by atoms with van der Waals surface area (Å²) in [6, 6.07) is 19.6. The maximum Gasteiger partial charge on any atom is 0.337 e. The Kier molecular flexibility index (Phi) is 6.24. The smallest absolute Gasteiger partial charge is 0.337 e. The Hall–Kier alpha value is -3.21. The predicted molar refractivity (Wildman–Crippen MR) is 134 cm³/mol. The molecule has 0 saturated carbocycles. The molecule has 33 heavy (non-hydrogen) atoms. The number of ether oxygens (including phenoxy) is 1. The van der Waals surface area contributed by atoms with Crippen LogP contribution in [0.15, 0.2) is 73.1 Å². The molecule has 4 rings (SSSR count). The molecule has 1 aromatic heterocycles. The first-order valence-corrected chi connectivity index (χ1v) is 11.2. The number of rotatable bonds is 5. The number of aromatic nitrogens is 1. The molecule has 0 fully saturated rings. The molecule has 0 unspecified atom stereocenters. The van der Waals surface area contributed by atoms with Crippen LogP contribution in [-0.4, -0.2) is 21.7 Å². The Morgan fingerprint density at radius 3 is 2.30 bits per heavy atom. The minimum atomic E-state index is -1.11. The molecule has 0 saturated heterocycles. The van der Waals surface area contributed by atoms with Gasteiger partial charge in [-0.25, -0.2) is 4.79 Å². The van der Waals surface area contributed by atoms with Crippen molar-refractivity contribution in [3.05, 3.63) is 89.2 Å². The summed E-state index contributed by atoms with van der Waals surface area (Å²) in [4.78, 5) is 16.6. The number of hydrogen-bond acceptors (Lipinski definition) is 3. The number of nitrogens with zero attached hydrogens (tertiary/aromatic N) is 1. The molecule has 0 amide bonds. The van der Waals surface area contributed by atoms with Crippen LogP contribution in [0.2, 0.25) is 5.02 Å². The van der Waals surface area contributed by atoms with Crippen molar-refractivity contribution < 1.29 is 14.6 Å². The van der Waals surface area contributed by atoms with Gasteiger partial charge < -0.3 is 9.84 Å². The van der Waals surface area contributed by atoms with Crippen molar-refractivity contribution in [3.63, 3.8) is 0 Å². The Balaban J connectivity index is 2.02. The lowest BCUT2D eigenvalue weighted by atomic mass is 9.86. The second-order valence-corrected chi connectivity index (χ2v) is 9.55. The van der Waals surface area contributed by atoms with E-state index in [1.54, 1.807) is 6.20 Å². The van der Waals surface area contributed by atoms with E-state index in [0.29, 0.717) is 10.6 Å². The van der Waals surface area contributed by atoms with E-state index in [1.165, 1.54) is 0 Å². The number of aryl methyl sites for hydroxylation is 1. The zero-order valence-electron chi connectivity index (χ0n) is 19.1. The van der Waals surface area contributed by atoms with E-state index in [2.05, 4.69) is 11.1 Å². The second-order valence-electron chi connectivity index (χ2n) is 9.12. The van der Waals surface area contributed by atoms with Crippen LogP contribution in [0, 0.1) is 6.92 Å². The number of carboxylic acids is 1. The van der Waals surface area contributed by atoms with Gasteiger partial charge in [0, 0.05) is 28.5 Å². The fraction of sp³-hybridized carbons (Fsp3) is 0.214. The summed E-state index contributed by atoms with van der Waals surface area (Å²) >= 11 is 6.15. The largest absolute Gasteiger partial charge is 0.479 e. The number of hydrogen-bond donors (Lipinski definition) is 1. The average Bonchev–Trinajstić information content (AvgIpc) is 2.77. The number of pyridine rings is 1. The lowest BCUT2D eigenvalue weighted by Crippen LogP contribution is -2.28. The molecule has 1 heterocycles. The van der Waals surface area contributed by atoms with Crippen molar-refractivity contribution in [2.45, 2.75) is 39.4 Å². The second kappa shape index (κ2) is 8.97. The standard InChI is InChI=1S/C28H26ClNO3/c1-17-14-21-15-19(20-6-5-13-30-16-20)9-12-23(21)25(18-7-10-22(29)11-8-18)24(17)26(27(31)32)33-28(2,3)4/h5-16,26H,1-4H3,(H,31,32)/t26-/m0/s1. The maximum absolute atomic E-state index is 12.4. The molecule has 3 aromatic carbocycles. The summed E-state index contributed by atoms with van der Waals surface area (Å²) in [6.07, 6.45) is 2.47. The summed E-state index contributed by atoms with van der Waals surface area (Å²) in [5, 5.41) is 12.7. The monoisotopic (exact) mass is 459 g/mol. The van der Waals surface area contributed by atoms with Crippen molar-refractivity contribution in [3.8, 4) is 22.3 Å². The molecule has 1 N–H and O–H groups in total. The minimum absolute atomic E-state index is 0.622. The highest BCUT2D eigenvalue weighted by Gasteiger charge is 2.31. The summed E-state index contributed by atoms with van der Waals surface area (Å²) in [5.41, 5.74) is 4.68. The van der Waals surface area contributed by atoms with Crippen molar-refractivity contribution in [1.29, 1.82) is 0 Å². The molecule has 5 heteroatoms. The van der Waals surface area contributed by atoms with E-state index >= 15 is 0 Å². The van der Waals surface area contributed by atoms with Gasteiger partial charge in [-0.1, -0.05) is 48.0 Å². The number of carboxylic acid groups (broad SMARTS) is 1. The summed E-state index contributed by atoms with van der Waals surface area (Å²) in [5.74, 6) is -1.02. The summed E-state index contributed by atoms with van der Waals surface area (Å²) in [6.45, 7) is 7.53. The fourth-order valence-electron chi connectivity index (χ4n) is 4.13. The number of halogens is 1. The lowest BCUT2D eigenvalue weighted by molar-refractivity contribution is -0.160. The van der Waals surface area contributed by atoms with Gasteiger partial charge in [0.05, 0.1) is 5.60 Å². The van der Waals surface area contributed by atoms with E-state index in [4.69, 9.17) is 16.3 Å². The number of benzene rings is 3. The van der Waals surface area contributed by atoms with Gasteiger partial charge in [-0.3, -0.25) is 4.98 Å². The first kappa shape index (κ1) is 23.0. The molecular formula is C28H26ClNO3. The fourth-order valence-corrected chi connectivity index (χ4v) is 4.25. The molecule has 0 spiro atoms. The third-order valence-electron chi connectivity index (χ3n) is 5.47. The minimum Gasteiger partial charge on any atom is -0.479 e. The van der Waals surface area contributed by atoms with Crippen molar-refractivity contribution in [1.82, 2.24) is 4.98 Å². The van der Waals surface area contributed by atoms with Crippen LogP contribution >= 0.6 is 11.6 Å². The predicted octanol–water partition coefficient (Wildman–Crippen LogP) is 7.47. The quantitative estimate of drug-likeness (QED) is 0.336. The highest BCUT2D eigenvalue weighted by atomic mass is 35.5. The lowest BCUT2D eigenvalue weighted by Gasteiger charge is -2.28. The molecule has 0 aliphatic carbocycles. The van der Waals surface area contributed by atoms with Crippen molar-refractivity contribution in [2.24, 2.45) is 0 Å². The van der Waals surface area contributed by atoms with E-state index in [0.717, 1.165) is 38.6 Å². The van der Waals surface area contributed by atoms with Crippen LogP contribution in [0.25, 0.3) is 33.0 Å². The molecule has 0 radical (unpaired) electrons. The zero-order chi connectivity index (χ0) is 23.8. The van der Waals surface area contributed by atoms with Crippen molar-refractivity contribution in [2.75, 3.05) is 0 Å². The summed E-state index contributed by atoms with van der Waals surface area (Å²) in [7, 11) is 0. The van der Waals surface area contributed by atoms with Gasteiger partial charge in [-0.15, -0.1) is 0 Å². The molecule has 0 aliphatic rings. The van der Waals surface area contributed by atoms with Gasteiger partial charge in [0.25, 0.3) is 0 Å². The molecule has 168 valence electrons. The van der Waals surface area contributed by atoms with Gasteiger partial charge in [-0.2, -0.15) is 0 Å². The van der Waals surface area contributed by atoms with Crippen LogP contribution in [0.3, 0.4) is 0 Å². The first-order chi connectivity index (χ1) is 15.6. The Morgan fingerprint density at radius 2 is 1.70 bits per heavy atom. The zero-order valence-corrected chi connectivity index (χ0v) is 19.9. The molecule has 1 atom stereocenters. The topological polar surface area (TPSA) is 59.4 Å². The summed E-state index contributed by atoms with van der Waals surface area (Å²) < 4.78 is 6.06.